The molecule has 0 saturated heterocycles. The molecule has 1 atom stereocenters. The zero-order chi connectivity index (χ0) is 14.9. The van der Waals surface area contributed by atoms with E-state index in [1.165, 1.54) is 0 Å². The Kier molecular flexibility index (Phi) is 3.84. The number of amides is 1. The van der Waals surface area contributed by atoms with Crippen LogP contribution in [0.25, 0.3) is 0 Å². The second-order valence-electron chi connectivity index (χ2n) is 6.12. The predicted molar refractivity (Wildman–Crippen MR) is 76.5 cm³/mol. The van der Waals surface area contributed by atoms with Gasteiger partial charge in [-0.1, -0.05) is 18.2 Å². The summed E-state index contributed by atoms with van der Waals surface area (Å²) in [6, 6.07) is 6.99. The second-order valence-corrected chi connectivity index (χ2v) is 6.12. The average Bonchev–Trinajstić information content (AvgIpc) is 2.37. The Morgan fingerprint density at radius 2 is 1.95 bits per heavy atom. The third kappa shape index (κ3) is 3.00. The van der Waals surface area contributed by atoms with Gasteiger partial charge in [-0.2, -0.15) is 0 Å². The van der Waals surface area contributed by atoms with Crippen molar-refractivity contribution >= 4 is 11.9 Å². The SMILES string of the molecule is CC(C(=O)OC(C)(C)C)N1CCc2ccccc2C1=O. The monoisotopic (exact) mass is 275 g/mol. The summed E-state index contributed by atoms with van der Waals surface area (Å²) in [4.78, 5) is 26.1. The standard InChI is InChI=1S/C16H21NO3/c1-11(15(19)20-16(2,3)4)17-10-9-12-7-5-6-8-13(12)14(17)18/h5-8,11H,9-10H2,1-4H3. The summed E-state index contributed by atoms with van der Waals surface area (Å²) in [6.07, 6.45) is 0.773. The molecule has 1 aliphatic heterocycles. The van der Waals surface area contributed by atoms with Crippen molar-refractivity contribution in [3.05, 3.63) is 35.4 Å². The molecule has 2 rings (SSSR count). The number of carbonyl (C=O) groups is 2. The summed E-state index contributed by atoms with van der Waals surface area (Å²) < 4.78 is 5.36. The molecule has 1 amide bonds. The van der Waals surface area contributed by atoms with E-state index in [-0.39, 0.29) is 11.9 Å². The van der Waals surface area contributed by atoms with Crippen molar-refractivity contribution in [2.24, 2.45) is 0 Å². The van der Waals surface area contributed by atoms with E-state index >= 15 is 0 Å². The van der Waals surface area contributed by atoms with Crippen LogP contribution in [0.1, 0.15) is 43.6 Å². The van der Waals surface area contributed by atoms with Crippen molar-refractivity contribution in [1.29, 1.82) is 0 Å². The van der Waals surface area contributed by atoms with E-state index in [1.54, 1.807) is 11.8 Å². The van der Waals surface area contributed by atoms with Crippen LogP contribution in [-0.2, 0) is 16.0 Å². The largest absolute Gasteiger partial charge is 0.458 e. The number of fused-ring (bicyclic) bond motifs is 1. The third-order valence-electron chi connectivity index (χ3n) is 3.35. The van der Waals surface area contributed by atoms with Gasteiger partial charge in [-0.3, -0.25) is 4.79 Å². The third-order valence-corrected chi connectivity index (χ3v) is 3.35. The van der Waals surface area contributed by atoms with Crippen LogP contribution in [0, 0.1) is 0 Å². The van der Waals surface area contributed by atoms with Crippen molar-refractivity contribution in [3.63, 3.8) is 0 Å². The summed E-state index contributed by atoms with van der Waals surface area (Å²) in [6.45, 7) is 7.75. The zero-order valence-corrected chi connectivity index (χ0v) is 12.5. The van der Waals surface area contributed by atoms with Gasteiger partial charge in [0.1, 0.15) is 11.6 Å². The van der Waals surface area contributed by atoms with Crippen LogP contribution in [0.4, 0.5) is 0 Å². The Labute approximate surface area is 119 Å². The topological polar surface area (TPSA) is 46.6 Å². The zero-order valence-electron chi connectivity index (χ0n) is 12.5. The van der Waals surface area contributed by atoms with Gasteiger partial charge in [0, 0.05) is 12.1 Å². The van der Waals surface area contributed by atoms with Crippen molar-refractivity contribution < 1.29 is 14.3 Å². The summed E-state index contributed by atoms with van der Waals surface area (Å²) in [5.41, 5.74) is 1.20. The highest BCUT2D eigenvalue weighted by Gasteiger charge is 2.33. The van der Waals surface area contributed by atoms with E-state index in [0.717, 1.165) is 12.0 Å². The minimum atomic E-state index is -0.560. The quantitative estimate of drug-likeness (QED) is 0.779. The highest BCUT2D eigenvalue weighted by molar-refractivity contribution is 5.99. The van der Waals surface area contributed by atoms with Gasteiger partial charge < -0.3 is 9.64 Å². The molecule has 0 spiro atoms. The fraction of sp³-hybridized carbons (Fsp3) is 0.500. The molecule has 0 N–H and O–H groups in total. The smallest absolute Gasteiger partial charge is 0.329 e. The van der Waals surface area contributed by atoms with E-state index < -0.39 is 11.6 Å². The summed E-state index contributed by atoms with van der Waals surface area (Å²) in [5, 5.41) is 0. The van der Waals surface area contributed by atoms with Crippen molar-refractivity contribution in [3.8, 4) is 0 Å². The van der Waals surface area contributed by atoms with Gasteiger partial charge in [-0.05, 0) is 45.7 Å². The van der Waals surface area contributed by atoms with Crippen molar-refractivity contribution in [2.75, 3.05) is 6.54 Å². The molecule has 0 aromatic heterocycles. The first-order chi connectivity index (χ1) is 9.29. The van der Waals surface area contributed by atoms with Gasteiger partial charge in [-0.25, -0.2) is 4.79 Å². The van der Waals surface area contributed by atoms with Gasteiger partial charge in [0.2, 0.25) is 0 Å². The van der Waals surface area contributed by atoms with Gasteiger partial charge in [0.25, 0.3) is 5.91 Å². The molecule has 1 aliphatic rings. The van der Waals surface area contributed by atoms with Crippen LogP contribution >= 0.6 is 0 Å². The normalized spacial score (nSPS) is 16.6. The number of rotatable bonds is 2. The molecule has 0 bridgehead atoms. The van der Waals surface area contributed by atoms with Crippen molar-refractivity contribution in [2.45, 2.75) is 45.8 Å². The molecule has 1 unspecified atom stereocenters. The predicted octanol–water partition coefficient (Wildman–Crippen LogP) is 2.42. The first kappa shape index (κ1) is 14.6. The van der Waals surface area contributed by atoms with E-state index in [4.69, 9.17) is 4.74 Å². The highest BCUT2D eigenvalue weighted by atomic mass is 16.6. The number of carbonyl (C=O) groups excluding carboxylic acids is 2. The average molecular weight is 275 g/mol. The molecular formula is C16H21NO3. The van der Waals surface area contributed by atoms with Gasteiger partial charge >= 0.3 is 5.97 Å². The van der Waals surface area contributed by atoms with E-state index in [9.17, 15) is 9.59 Å². The Balaban J connectivity index is 2.15. The van der Waals surface area contributed by atoms with E-state index in [1.807, 2.05) is 45.0 Å². The number of benzene rings is 1. The number of hydrogen-bond donors (Lipinski definition) is 0. The Bertz CT molecular complexity index is 531. The molecule has 0 radical (unpaired) electrons. The van der Waals surface area contributed by atoms with E-state index in [2.05, 4.69) is 0 Å². The molecule has 20 heavy (non-hydrogen) atoms. The van der Waals surface area contributed by atoms with Crippen LogP contribution in [0.5, 0.6) is 0 Å². The van der Waals surface area contributed by atoms with Crippen molar-refractivity contribution in [1.82, 2.24) is 4.90 Å². The van der Waals surface area contributed by atoms with Gasteiger partial charge in [0.05, 0.1) is 0 Å². The Morgan fingerprint density at radius 1 is 1.30 bits per heavy atom. The maximum atomic E-state index is 12.4. The fourth-order valence-electron chi connectivity index (χ4n) is 2.33. The molecule has 0 fully saturated rings. The molecule has 1 aromatic carbocycles. The maximum absolute atomic E-state index is 12.4. The number of ether oxygens (including phenoxy) is 1. The Hall–Kier alpha value is -1.84. The first-order valence-corrected chi connectivity index (χ1v) is 6.91. The number of nitrogens with zero attached hydrogens (tertiary/aromatic N) is 1. The Morgan fingerprint density at radius 3 is 2.60 bits per heavy atom. The van der Waals surface area contributed by atoms with Crippen LogP contribution in [-0.4, -0.2) is 35.0 Å². The lowest BCUT2D eigenvalue weighted by molar-refractivity contribution is -0.159. The highest BCUT2D eigenvalue weighted by Crippen LogP contribution is 2.21. The molecule has 1 aromatic rings. The van der Waals surface area contributed by atoms with Crippen LogP contribution in [0.2, 0.25) is 0 Å². The molecule has 0 saturated carbocycles. The molecule has 0 aliphatic carbocycles. The summed E-state index contributed by atoms with van der Waals surface area (Å²) >= 11 is 0. The van der Waals surface area contributed by atoms with Crippen LogP contribution in [0.15, 0.2) is 24.3 Å². The lowest BCUT2D eigenvalue weighted by Gasteiger charge is -2.33. The van der Waals surface area contributed by atoms with E-state index in [0.29, 0.717) is 12.1 Å². The van der Waals surface area contributed by atoms with Gasteiger partial charge in [-0.15, -0.1) is 0 Å². The number of hydrogen-bond acceptors (Lipinski definition) is 3. The second kappa shape index (κ2) is 5.27. The number of esters is 1. The molecule has 1 heterocycles. The minimum Gasteiger partial charge on any atom is -0.458 e. The maximum Gasteiger partial charge on any atom is 0.329 e. The lowest BCUT2D eigenvalue weighted by Crippen LogP contribution is -2.48. The molecule has 108 valence electrons. The lowest BCUT2D eigenvalue weighted by atomic mass is 9.98. The summed E-state index contributed by atoms with van der Waals surface area (Å²) in [7, 11) is 0. The first-order valence-electron chi connectivity index (χ1n) is 6.91. The summed E-state index contributed by atoms with van der Waals surface area (Å²) in [5.74, 6) is -0.449. The molecule has 4 heteroatoms. The van der Waals surface area contributed by atoms with Gasteiger partial charge in [0.15, 0.2) is 0 Å². The van der Waals surface area contributed by atoms with Crippen LogP contribution in [0.3, 0.4) is 0 Å². The molecule has 4 nitrogen and oxygen atoms in total. The molecular weight excluding hydrogens is 254 g/mol. The van der Waals surface area contributed by atoms with Crippen LogP contribution < -0.4 is 0 Å². The minimum absolute atomic E-state index is 0.0924. The fourth-order valence-corrected chi connectivity index (χ4v) is 2.33.